The van der Waals surface area contributed by atoms with Crippen molar-refractivity contribution in [1.82, 2.24) is 5.32 Å². The lowest BCUT2D eigenvalue weighted by Gasteiger charge is -2.44. The van der Waals surface area contributed by atoms with E-state index < -0.39 is 0 Å². The third kappa shape index (κ3) is 1.57. The molecule has 2 rings (SSSR count). The summed E-state index contributed by atoms with van der Waals surface area (Å²) < 4.78 is 5.47. The number of ether oxygens (including phenoxy) is 1. The van der Waals surface area contributed by atoms with E-state index in [1.165, 1.54) is 32.1 Å². The molecule has 1 heterocycles. The van der Waals surface area contributed by atoms with Gasteiger partial charge in [0, 0.05) is 18.8 Å². The smallest absolute Gasteiger partial charge is 0.0483 e. The lowest BCUT2D eigenvalue weighted by atomic mass is 9.74. The third-order valence-corrected chi connectivity index (χ3v) is 3.00. The first kappa shape index (κ1) is 7.56. The minimum atomic E-state index is 0.500. The molecule has 1 N–H and O–H groups in total. The van der Waals surface area contributed by atoms with Crippen molar-refractivity contribution in [1.29, 1.82) is 0 Å². The van der Waals surface area contributed by atoms with Crippen LogP contribution in [-0.4, -0.2) is 25.3 Å². The van der Waals surface area contributed by atoms with Gasteiger partial charge in [-0.1, -0.05) is 0 Å². The summed E-state index contributed by atoms with van der Waals surface area (Å²) in [6.07, 6.45) is 6.56. The van der Waals surface area contributed by atoms with Crippen LogP contribution in [0.3, 0.4) is 0 Å². The van der Waals surface area contributed by atoms with Crippen LogP contribution in [0.4, 0.5) is 0 Å². The number of nitrogens with one attached hydrogen (secondary N) is 1. The SMILES string of the molecule is C1CNC2(CCC2)CCOC1. The fourth-order valence-electron chi connectivity index (χ4n) is 2.02. The summed E-state index contributed by atoms with van der Waals surface area (Å²) in [6.45, 7) is 3.07. The van der Waals surface area contributed by atoms with Crippen molar-refractivity contribution in [3.05, 3.63) is 0 Å². The summed E-state index contributed by atoms with van der Waals surface area (Å²) in [4.78, 5) is 0. The normalized spacial score (nSPS) is 30.5. The molecule has 2 nitrogen and oxygen atoms in total. The minimum absolute atomic E-state index is 0.500. The van der Waals surface area contributed by atoms with Crippen LogP contribution in [0.25, 0.3) is 0 Å². The zero-order valence-corrected chi connectivity index (χ0v) is 7.07. The molecule has 0 atom stereocenters. The first-order valence-electron chi connectivity index (χ1n) is 4.74. The molecule has 0 bridgehead atoms. The highest BCUT2D eigenvalue weighted by Gasteiger charge is 2.36. The van der Waals surface area contributed by atoms with E-state index in [9.17, 15) is 0 Å². The van der Waals surface area contributed by atoms with Crippen molar-refractivity contribution in [2.45, 2.75) is 37.6 Å². The molecule has 1 saturated carbocycles. The van der Waals surface area contributed by atoms with Gasteiger partial charge in [-0.25, -0.2) is 0 Å². The summed E-state index contributed by atoms with van der Waals surface area (Å²) in [7, 11) is 0. The molecule has 0 unspecified atom stereocenters. The Labute approximate surface area is 68.3 Å². The molecule has 2 fully saturated rings. The molecule has 64 valence electrons. The van der Waals surface area contributed by atoms with E-state index in [0.29, 0.717) is 5.54 Å². The van der Waals surface area contributed by atoms with Crippen LogP contribution in [0.5, 0.6) is 0 Å². The van der Waals surface area contributed by atoms with Gasteiger partial charge in [-0.15, -0.1) is 0 Å². The van der Waals surface area contributed by atoms with Gasteiger partial charge < -0.3 is 10.1 Å². The second kappa shape index (κ2) is 3.11. The van der Waals surface area contributed by atoms with Crippen molar-refractivity contribution < 1.29 is 4.74 Å². The fourth-order valence-corrected chi connectivity index (χ4v) is 2.02. The Bertz CT molecular complexity index is 122. The van der Waals surface area contributed by atoms with Gasteiger partial charge in [0.1, 0.15) is 0 Å². The number of rotatable bonds is 0. The highest BCUT2D eigenvalue weighted by molar-refractivity contribution is 4.95. The van der Waals surface area contributed by atoms with Gasteiger partial charge in [0.15, 0.2) is 0 Å². The van der Waals surface area contributed by atoms with Gasteiger partial charge in [0.2, 0.25) is 0 Å². The quantitative estimate of drug-likeness (QED) is 0.569. The van der Waals surface area contributed by atoms with Crippen molar-refractivity contribution in [3.8, 4) is 0 Å². The summed E-state index contributed by atoms with van der Waals surface area (Å²) in [5, 5.41) is 3.65. The zero-order chi connectivity index (χ0) is 7.57. The molecule has 0 aromatic heterocycles. The van der Waals surface area contributed by atoms with E-state index in [1.54, 1.807) is 0 Å². The molecular weight excluding hydrogens is 138 g/mol. The molecule has 0 aromatic rings. The van der Waals surface area contributed by atoms with Crippen LogP contribution in [0.1, 0.15) is 32.1 Å². The van der Waals surface area contributed by atoms with Crippen LogP contribution in [0, 0.1) is 0 Å². The van der Waals surface area contributed by atoms with Crippen molar-refractivity contribution >= 4 is 0 Å². The zero-order valence-electron chi connectivity index (χ0n) is 7.07. The average Bonchev–Trinajstić information content (AvgIpc) is 1.82. The summed E-state index contributed by atoms with van der Waals surface area (Å²) in [5.41, 5.74) is 0.500. The summed E-state index contributed by atoms with van der Waals surface area (Å²) in [6, 6.07) is 0. The van der Waals surface area contributed by atoms with Crippen LogP contribution in [-0.2, 0) is 4.74 Å². The largest absolute Gasteiger partial charge is 0.381 e. The topological polar surface area (TPSA) is 21.3 Å². The molecule has 2 heteroatoms. The molecule has 0 aromatic carbocycles. The van der Waals surface area contributed by atoms with E-state index in [1.807, 2.05) is 0 Å². The average molecular weight is 155 g/mol. The highest BCUT2D eigenvalue weighted by atomic mass is 16.5. The standard InChI is InChI=1S/C9H17NO/c1-3-9(4-1)5-8-11-7-2-6-10-9/h10H,1-8H2. The van der Waals surface area contributed by atoms with Crippen LogP contribution < -0.4 is 5.32 Å². The van der Waals surface area contributed by atoms with Gasteiger partial charge in [-0.3, -0.25) is 0 Å². The summed E-state index contributed by atoms with van der Waals surface area (Å²) >= 11 is 0. The van der Waals surface area contributed by atoms with Gasteiger partial charge in [-0.2, -0.15) is 0 Å². The number of hydrogen-bond donors (Lipinski definition) is 1. The Morgan fingerprint density at radius 1 is 1.00 bits per heavy atom. The van der Waals surface area contributed by atoms with Gasteiger partial charge in [0.25, 0.3) is 0 Å². The second-order valence-electron chi connectivity index (χ2n) is 3.78. The van der Waals surface area contributed by atoms with Crippen LogP contribution >= 0.6 is 0 Å². The molecule has 11 heavy (non-hydrogen) atoms. The second-order valence-corrected chi connectivity index (χ2v) is 3.78. The van der Waals surface area contributed by atoms with Crippen molar-refractivity contribution in [2.24, 2.45) is 0 Å². The molecule has 0 amide bonds. The maximum absolute atomic E-state index is 5.47. The van der Waals surface area contributed by atoms with Gasteiger partial charge in [0.05, 0.1) is 0 Å². The van der Waals surface area contributed by atoms with E-state index >= 15 is 0 Å². The van der Waals surface area contributed by atoms with Crippen LogP contribution in [0.2, 0.25) is 0 Å². The Kier molecular flexibility index (Phi) is 2.14. The van der Waals surface area contributed by atoms with Gasteiger partial charge >= 0.3 is 0 Å². The fraction of sp³-hybridized carbons (Fsp3) is 1.00. The lowest BCUT2D eigenvalue weighted by molar-refractivity contribution is 0.0557. The molecule has 0 radical (unpaired) electrons. The summed E-state index contributed by atoms with van der Waals surface area (Å²) in [5.74, 6) is 0. The van der Waals surface area contributed by atoms with E-state index in [0.717, 1.165) is 19.8 Å². The van der Waals surface area contributed by atoms with E-state index in [-0.39, 0.29) is 0 Å². The number of hydrogen-bond acceptors (Lipinski definition) is 2. The van der Waals surface area contributed by atoms with E-state index in [2.05, 4.69) is 5.32 Å². The van der Waals surface area contributed by atoms with Crippen molar-refractivity contribution in [3.63, 3.8) is 0 Å². The Hall–Kier alpha value is -0.0800. The lowest BCUT2D eigenvalue weighted by Crippen LogP contribution is -2.52. The molecule has 1 saturated heterocycles. The molecule has 2 aliphatic rings. The Balaban J connectivity index is 1.86. The van der Waals surface area contributed by atoms with Crippen molar-refractivity contribution in [2.75, 3.05) is 19.8 Å². The first-order chi connectivity index (χ1) is 5.41. The maximum atomic E-state index is 5.47. The molecule has 1 aliphatic heterocycles. The highest BCUT2D eigenvalue weighted by Crippen LogP contribution is 2.35. The molecule has 1 spiro atoms. The molecule has 1 aliphatic carbocycles. The van der Waals surface area contributed by atoms with E-state index in [4.69, 9.17) is 4.74 Å². The third-order valence-electron chi connectivity index (χ3n) is 3.00. The van der Waals surface area contributed by atoms with Crippen LogP contribution in [0.15, 0.2) is 0 Å². The minimum Gasteiger partial charge on any atom is -0.381 e. The monoisotopic (exact) mass is 155 g/mol. The predicted molar refractivity (Wildman–Crippen MR) is 44.6 cm³/mol. The Morgan fingerprint density at radius 2 is 1.91 bits per heavy atom. The first-order valence-corrected chi connectivity index (χ1v) is 4.74. The maximum Gasteiger partial charge on any atom is 0.0483 e. The molecular formula is C9H17NO. The Morgan fingerprint density at radius 3 is 2.64 bits per heavy atom. The predicted octanol–water partition coefficient (Wildman–Crippen LogP) is 1.31. The van der Waals surface area contributed by atoms with Gasteiger partial charge in [-0.05, 0) is 38.6 Å².